The van der Waals surface area contributed by atoms with Crippen LogP contribution in [0.3, 0.4) is 0 Å². The average Bonchev–Trinajstić information content (AvgIpc) is 3.06. The van der Waals surface area contributed by atoms with Crippen LogP contribution in [-0.2, 0) is 0 Å². The molecule has 0 aliphatic rings. The number of fused-ring (bicyclic) bond motifs is 1. The number of pyridine rings is 1. The van der Waals surface area contributed by atoms with Crippen molar-refractivity contribution in [2.24, 2.45) is 0 Å². The molecule has 0 aliphatic heterocycles. The lowest BCUT2D eigenvalue weighted by atomic mass is 10.0. The van der Waals surface area contributed by atoms with Gasteiger partial charge >= 0.3 is 0 Å². The van der Waals surface area contributed by atoms with E-state index in [9.17, 15) is 4.79 Å². The van der Waals surface area contributed by atoms with E-state index in [1.165, 1.54) is 5.56 Å². The van der Waals surface area contributed by atoms with E-state index in [-0.39, 0.29) is 5.91 Å². The van der Waals surface area contributed by atoms with Gasteiger partial charge in [-0.1, -0.05) is 53.2 Å². The van der Waals surface area contributed by atoms with Crippen LogP contribution in [-0.4, -0.2) is 16.0 Å². The van der Waals surface area contributed by atoms with Gasteiger partial charge in [0.1, 0.15) is 5.76 Å². The van der Waals surface area contributed by atoms with E-state index >= 15 is 0 Å². The number of hydrogen-bond acceptors (Lipinski definition) is 4. The molecule has 1 N–H and O–H groups in total. The monoisotopic (exact) mass is 343 g/mol. The fourth-order valence-corrected chi connectivity index (χ4v) is 2.84. The van der Waals surface area contributed by atoms with Gasteiger partial charge in [-0.3, -0.25) is 4.79 Å². The first-order chi connectivity index (χ1) is 12.6. The fraction of sp³-hybridized carbons (Fsp3) is 0.0952. The lowest BCUT2D eigenvalue weighted by Crippen LogP contribution is -2.13. The number of amides is 1. The largest absolute Gasteiger partial charge is 0.360 e. The molecule has 0 aliphatic carbocycles. The van der Waals surface area contributed by atoms with Crippen molar-refractivity contribution in [3.05, 3.63) is 77.6 Å². The van der Waals surface area contributed by atoms with Crippen LogP contribution < -0.4 is 5.32 Å². The molecular weight excluding hydrogens is 326 g/mol. The highest BCUT2D eigenvalue weighted by atomic mass is 16.5. The van der Waals surface area contributed by atoms with Crippen molar-refractivity contribution in [2.75, 3.05) is 5.32 Å². The summed E-state index contributed by atoms with van der Waals surface area (Å²) in [5.74, 6) is 0.788. The Morgan fingerprint density at radius 1 is 1.00 bits per heavy atom. The fourth-order valence-electron chi connectivity index (χ4n) is 2.84. The van der Waals surface area contributed by atoms with Crippen molar-refractivity contribution in [1.29, 1.82) is 0 Å². The van der Waals surface area contributed by atoms with Crippen LogP contribution in [0, 0.1) is 13.8 Å². The number of anilines is 1. The van der Waals surface area contributed by atoms with Gasteiger partial charge in [-0.05, 0) is 26.0 Å². The van der Waals surface area contributed by atoms with Gasteiger partial charge in [0.25, 0.3) is 5.91 Å². The first-order valence-corrected chi connectivity index (χ1v) is 8.32. The Bertz CT molecular complexity index is 1100. The highest BCUT2D eigenvalue weighted by Gasteiger charge is 2.15. The van der Waals surface area contributed by atoms with E-state index in [1.54, 1.807) is 13.0 Å². The lowest BCUT2D eigenvalue weighted by molar-refractivity contribution is 0.102. The molecule has 0 saturated heterocycles. The van der Waals surface area contributed by atoms with Crippen LogP contribution in [0.2, 0.25) is 0 Å². The zero-order valence-electron chi connectivity index (χ0n) is 14.5. The molecule has 0 saturated carbocycles. The molecule has 0 radical (unpaired) electrons. The standard InChI is InChI=1S/C21H17N3O2/c1-13-7-9-15(10-8-13)19-12-17(16-5-3-4-6-18(16)22-19)21(25)23-20-11-14(2)26-24-20/h3-12H,1-2H3,(H,23,24,25). The molecule has 1 amide bonds. The molecule has 2 aromatic heterocycles. The summed E-state index contributed by atoms with van der Waals surface area (Å²) in [6.45, 7) is 3.82. The lowest BCUT2D eigenvalue weighted by Gasteiger charge is -2.10. The van der Waals surface area contributed by atoms with Crippen molar-refractivity contribution in [3.8, 4) is 11.3 Å². The van der Waals surface area contributed by atoms with Crippen molar-refractivity contribution >= 4 is 22.6 Å². The maximum Gasteiger partial charge on any atom is 0.257 e. The maximum absolute atomic E-state index is 12.9. The predicted octanol–water partition coefficient (Wildman–Crippen LogP) is 4.76. The Morgan fingerprint density at radius 3 is 2.50 bits per heavy atom. The molecular formula is C21H17N3O2. The number of carbonyl (C=O) groups is 1. The summed E-state index contributed by atoms with van der Waals surface area (Å²) in [6.07, 6.45) is 0. The molecule has 0 atom stereocenters. The van der Waals surface area contributed by atoms with Crippen molar-refractivity contribution < 1.29 is 9.32 Å². The second-order valence-electron chi connectivity index (χ2n) is 6.22. The van der Waals surface area contributed by atoms with E-state index in [0.29, 0.717) is 17.1 Å². The van der Waals surface area contributed by atoms with Crippen LogP contribution in [0.1, 0.15) is 21.7 Å². The molecule has 0 bridgehead atoms. The minimum absolute atomic E-state index is 0.245. The number of nitrogens with zero attached hydrogens (tertiary/aromatic N) is 2. The summed E-state index contributed by atoms with van der Waals surface area (Å²) in [7, 11) is 0. The van der Waals surface area contributed by atoms with Gasteiger partial charge in [0.2, 0.25) is 0 Å². The summed E-state index contributed by atoms with van der Waals surface area (Å²) in [6, 6.07) is 19.2. The molecule has 4 aromatic rings. The first kappa shape index (κ1) is 16.0. The zero-order chi connectivity index (χ0) is 18.1. The predicted molar refractivity (Wildman–Crippen MR) is 101 cm³/mol. The molecule has 26 heavy (non-hydrogen) atoms. The van der Waals surface area contributed by atoms with Gasteiger partial charge in [0.05, 0.1) is 16.8 Å². The quantitative estimate of drug-likeness (QED) is 0.582. The molecule has 2 aromatic carbocycles. The number of nitrogens with one attached hydrogen (secondary N) is 1. The van der Waals surface area contributed by atoms with E-state index in [0.717, 1.165) is 22.2 Å². The van der Waals surface area contributed by atoms with E-state index in [4.69, 9.17) is 9.51 Å². The molecule has 0 unspecified atom stereocenters. The van der Waals surface area contributed by atoms with Gasteiger partial charge in [-0.15, -0.1) is 0 Å². The first-order valence-electron chi connectivity index (χ1n) is 8.32. The van der Waals surface area contributed by atoms with E-state index < -0.39 is 0 Å². The summed E-state index contributed by atoms with van der Waals surface area (Å²) in [5, 5.41) is 7.41. The Hall–Kier alpha value is -3.47. The summed E-state index contributed by atoms with van der Waals surface area (Å²) >= 11 is 0. The smallest absolute Gasteiger partial charge is 0.257 e. The Kier molecular flexibility index (Phi) is 3.97. The molecule has 0 fully saturated rings. The maximum atomic E-state index is 12.9. The van der Waals surface area contributed by atoms with Crippen molar-refractivity contribution in [2.45, 2.75) is 13.8 Å². The summed E-state index contributed by atoms with van der Waals surface area (Å²) < 4.78 is 5.02. The number of para-hydroxylation sites is 1. The molecule has 0 spiro atoms. The average molecular weight is 343 g/mol. The molecule has 128 valence electrons. The number of rotatable bonds is 3. The van der Waals surface area contributed by atoms with Gasteiger partial charge < -0.3 is 9.84 Å². The number of aromatic nitrogens is 2. The number of carbonyl (C=O) groups excluding carboxylic acids is 1. The van der Waals surface area contributed by atoms with Crippen LogP contribution in [0.4, 0.5) is 5.82 Å². The third-order valence-electron chi connectivity index (χ3n) is 4.18. The SMILES string of the molecule is Cc1ccc(-c2cc(C(=O)Nc3cc(C)on3)c3ccccc3n2)cc1. The molecule has 4 rings (SSSR count). The number of hydrogen-bond donors (Lipinski definition) is 1. The van der Waals surface area contributed by atoms with E-state index in [2.05, 4.69) is 10.5 Å². The molecule has 5 heteroatoms. The van der Waals surface area contributed by atoms with Crippen LogP contribution in [0.25, 0.3) is 22.2 Å². The highest BCUT2D eigenvalue weighted by Crippen LogP contribution is 2.26. The Balaban J connectivity index is 1.81. The molecule has 2 heterocycles. The third-order valence-corrected chi connectivity index (χ3v) is 4.18. The van der Waals surface area contributed by atoms with Crippen LogP contribution >= 0.6 is 0 Å². The number of benzene rings is 2. The van der Waals surface area contributed by atoms with Crippen LogP contribution in [0.15, 0.2) is 65.2 Å². The van der Waals surface area contributed by atoms with Crippen molar-refractivity contribution in [1.82, 2.24) is 10.1 Å². The van der Waals surface area contributed by atoms with Crippen LogP contribution in [0.5, 0.6) is 0 Å². The second-order valence-corrected chi connectivity index (χ2v) is 6.22. The highest BCUT2D eigenvalue weighted by molar-refractivity contribution is 6.12. The minimum atomic E-state index is -0.245. The zero-order valence-corrected chi connectivity index (χ0v) is 14.5. The summed E-state index contributed by atoms with van der Waals surface area (Å²) in [4.78, 5) is 17.6. The van der Waals surface area contributed by atoms with Gasteiger partial charge in [0, 0.05) is 17.0 Å². The van der Waals surface area contributed by atoms with E-state index in [1.807, 2.05) is 61.5 Å². The van der Waals surface area contributed by atoms with Crippen molar-refractivity contribution in [3.63, 3.8) is 0 Å². The third kappa shape index (κ3) is 3.07. The van der Waals surface area contributed by atoms with Gasteiger partial charge in [-0.2, -0.15) is 0 Å². The number of aryl methyl sites for hydroxylation is 2. The topological polar surface area (TPSA) is 68.0 Å². The minimum Gasteiger partial charge on any atom is -0.360 e. The second kappa shape index (κ2) is 6.44. The summed E-state index contributed by atoms with van der Waals surface area (Å²) in [5.41, 5.74) is 4.21. The molecule has 5 nitrogen and oxygen atoms in total. The normalized spacial score (nSPS) is 10.8. The Labute approximate surface area is 150 Å². The van der Waals surface area contributed by atoms with Gasteiger partial charge in [0.15, 0.2) is 5.82 Å². The van der Waals surface area contributed by atoms with Gasteiger partial charge in [-0.25, -0.2) is 4.98 Å². The Morgan fingerprint density at radius 2 is 1.77 bits per heavy atom.